The fourth-order valence-corrected chi connectivity index (χ4v) is 4.60. The average molecular weight is 525 g/mol. The minimum atomic E-state index is -0.787. The van der Waals surface area contributed by atoms with Crippen LogP contribution in [0, 0.1) is 0 Å². The first-order valence-electron chi connectivity index (χ1n) is 13.0. The fourth-order valence-electron chi connectivity index (χ4n) is 4.60. The highest BCUT2D eigenvalue weighted by Crippen LogP contribution is 2.43. The molecule has 1 N–H and O–H groups in total. The van der Waals surface area contributed by atoms with E-state index in [0.29, 0.717) is 54.7 Å². The van der Waals surface area contributed by atoms with Gasteiger partial charge >= 0.3 is 0 Å². The molecule has 38 heavy (non-hydrogen) atoms. The molecule has 1 atom stereocenters. The van der Waals surface area contributed by atoms with Crippen molar-refractivity contribution in [3.8, 4) is 17.2 Å². The number of aliphatic hydroxyl groups excluding tert-OH is 1. The number of ether oxygens (including phenoxy) is 3. The summed E-state index contributed by atoms with van der Waals surface area (Å²) >= 11 is 0. The lowest BCUT2D eigenvalue weighted by Gasteiger charge is -2.27. The molecular weight excluding hydrogens is 484 g/mol. The fraction of sp³-hybridized carbons (Fsp3) is 0.467. The molecule has 1 amide bonds. The molecular formula is C30H40N2O6. The molecule has 8 heteroatoms. The molecule has 1 unspecified atom stereocenters. The number of ketones is 1. The summed E-state index contributed by atoms with van der Waals surface area (Å²) in [6.07, 6.45) is 0. The Hall–Kier alpha value is -3.52. The van der Waals surface area contributed by atoms with E-state index in [1.165, 1.54) is 4.90 Å². The van der Waals surface area contributed by atoms with E-state index in [4.69, 9.17) is 14.2 Å². The highest BCUT2D eigenvalue weighted by atomic mass is 16.5. The number of hydrogen-bond acceptors (Lipinski definition) is 7. The topological polar surface area (TPSA) is 88.5 Å². The minimum absolute atomic E-state index is 0.0467. The highest BCUT2D eigenvalue weighted by Gasteiger charge is 2.46. The summed E-state index contributed by atoms with van der Waals surface area (Å²) in [5.41, 5.74) is 1.75. The molecule has 0 bridgehead atoms. The zero-order valence-electron chi connectivity index (χ0n) is 23.8. The van der Waals surface area contributed by atoms with Gasteiger partial charge < -0.3 is 29.1 Å². The number of Topliss-reactive ketones (excluding diaryl/α,β-unsaturated/α-hetero) is 1. The largest absolute Gasteiger partial charge is 0.507 e. The predicted octanol–water partition coefficient (Wildman–Crippen LogP) is 4.77. The van der Waals surface area contributed by atoms with E-state index in [9.17, 15) is 14.7 Å². The van der Waals surface area contributed by atoms with Crippen molar-refractivity contribution in [3.63, 3.8) is 0 Å². The molecule has 1 aliphatic heterocycles. The van der Waals surface area contributed by atoms with Crippen LogP contribution in [0.5, 0.6) is 17.2 Å². The Balaban J connectivity index is 2.24. The number of nitrogens with zero attached hydrogens (tertiary/aromatic N) is 2. The van der Waals surface area contributed by atoms with Crippen LogP contribution in [0.4, 0.5) is 0 Å². The highest BCUT2D eigenvalue weighted by molar-refractivity contribution is 6.46. The van der Waals surface area contributed by atoms with E-state index >= 15 is 0 Å². The molecule has 8 nitrogen and oxygen atoms in total. The number of carbonyl (C=O) groups excluding carboxylic acids is 2. The Morgan fingerprint density at radius 1 is 0.974 bits per heavy atom. The molecule has 0 spiro atoms. The van der Waals surface area contributed by atoms with Crippen molar-refractivity contribution in [2.75, 3.05) is 47.5 Å². The lowest BCUT2D eigenvalue weighted by atomic mass is 9.84. The Labute approximate surface area is 225 Å². The van der Waals surface area contributed by atoms with Crippen molar-refractivity contribution in [3.05, 3.63) is 58.7 Å². The number of hydrogen-bond donors (Lipinski definition) is 1. The van der Waals surface area contributed by atoms with Gasteiger partial charge in [0.2, 0.25) is 0 Å². The molecule has 0 aromatic heterocycles. The zero-order valence-corrected chi connectivity index (χ0v) is 23.8. The number of methoxy groups -OCH3 is 1. The molecule has 3 rings (SSSR count). The number of carbonyl (C=O) groups is 2. The minimum Gasteiger partial charge on any atom is -0.507 e. The van der Waals surface area contributed by atoms with Gasteiger partial charge in [0.05, 0.1) is 31.9 Å². The number of amides is 1. The third-order valence-electron chi connectivity index (χ3n) is 6.49. The Morgan fingerprint density at radius 3 is 2.18 bits per heavy atom. The standard InChI is InChI=1S/C30H40N2O6/c1-9-37-23-14-11-19(18-24(23)38-10-2)26-25(28(34)29(35)32(26)16-15-31(6)7)27(33)20-12-13-22(36-8)21(17-20)30(3,4)5/h11-14,17-18,26,33H,9-10,15-16H2,1-8H3/b27-25+. The van der Waals surface area contributed by atoms with Crippen LogP contribution in [-0.2, 0) is 15.0 Å². The molecule has 2 aromatic carbocycles. The van der Waals surface area contributed by atoms with E-state index in [2.05, 4.69) is 0 Å². The van der Waals surface area contributed by atoms with Gasteiger partial charge in [-0.1, -0.05) is 26.8 Å². The normalized spacial score (nSPS) is 17.3. The van der Waals surface area contributed by atoms with Crippen molar-refractivity contribution in [1.82, 2.24) is 9.80 Å². The van der Waals surface area contributed by atoms with Crippen LogP contribution in [0.1, 0.15) is 57.4 Å². The molecule has 0 aliphatic carbocycles. The van der Waals surface area contributed by atoms with Gasteiger partial charge in [-0.3, -0.25) is 9.59 Å². The molecule has 206 valence electrons. The maximum atomic E-state index is 13.4. The van der Waals surface area contributed by atoms with Crippen LogP contribution in [-0.4, -0.2) is 74.1 Å². The van der Waals surface area contributed by atoms with Crippen LogP contribution in [0.25, 0.3) is 5.76 Å². The maximum absolute atomic E-state index is 13.4. The molecule has 1 heterocycles. The van der Waals surface area contributed by atoms with Gasteiger partial charge in [-0.25, -0.2) is 0 Å². The molecule has 1 aliphatic rings. The van der Waals surface area contributed by atoms with Crippen molar-refractivity contribution < 1.29 is 28.9 Å². The Bertz CT molecular complexity index is 1210. The van der Waals surface area contributed by atoms with Gasteiger partial charge in [0.15, 0.2) is 11.5 Å². The molecule has 1 fully saturated rings. The monoisotopic (exact) mass is 524 g/mol. The summed E-state index contributed by atoms with van der Waals surface area (Å²) in [5.74, 6) is 0.199. The van der Waals surface area contributed by atoms with E-state index < -0.39 is 17.7 Å². The van der Waals surface area contributed by atoms with E-state index in [-0.39, 0.29) is 16.7 Å². The van der Waals surface area contributed by atoms with E-state index in [0.717, 1.165) is 5.56 Å². The smallest absolute Gasteiger partial charge is 0.295 e. The summed E-state index contributed by atoms with van der Waals surface area (Å²) in [6.45, 7) is 11.7. The summed E-state index contributed by atoms with van der Waals surface area (Å²) in [7, 11) is 5.41. The SMILES string of the molecule is CCOc1ccc(C2/C(=C(\O)c3ccc(OC)c(C(C)(C)C)c3)C(=O)C(=O)N2CCN(C)C)cc1OCC. The molecule has 0 saturated carbocycles. The van der Waals surface area contributed by atoms with Crippen LogP contribution < -0.4 is 14.2 Å². The van der Waals surface area contributed by atoms with Crippen LogP contribution in [0.15, 0.2) is 42.0 Å². The summed E-state index contributed by atoms with van der Waals surface area (Å²) < 4.78 is 17.1. The third kappa shape index (κ3) is 5.96. The van der Waals surface area contributed by atoms with Crippen molar-refractivity contribution in [2.24, 2.45) is 0 Å². The van der Waals surface area contributed by atoms with Crippen molar-refractivity contribution in [2.45, 2.75) is 46.1 Å². The lowest BCUT2D eigenvalue weighted by molar-refractivity contribution is -0.140. The van der Waals surface area contributed by atoms with E-state index in [1.54, 1.807) is 31.4 Å². The second-order valence-corrected chi connectivity index (χ2v) is 10.5. The number of likely N-dealkylation sites (tertiary alicyclic amines) is 1. The lowest BCUT2D eigenvalue weighted by Crippen LogP contribution is -2.35. The molecule has 0 radical (unpaired) electrons. The Morgan fingerprint density at radius 2 is 1.61 bits per heavy atom. The first-order valence-corrected chi connectivity index (χ1v) is 13.0. The van der Waals surface area contributed by atoms with Gasteiger partial charge in [-0.05, 0) is 69.3 Å². The van der Waals surface area contributed by atoms with Crippen molar-refractivity contribution in [1.29, 1.82) is 0 Å². The predicted molar refractivity (Wildman–Crippen MR) is 148 cm³/mol. The second kappa shape index (κ2) is 11.9. The maximum Gasteiger partial charge on any atom is 0.295 e. The number of aliphatic hydroxyl groups is 1. The van der Waals surface area contributed by atoms with Gasteiger partial charge in [0.25, 0.3) is 11.7 Å². The van der Waals surface area contributed by atoms with Gasteiger partial charge in [-0.2, -0.15) is 0 Å². The summed E-state index contributed by atoms with van der Waals surface area (Å²) in [5, 5.41) is 11.6. The van der Waals surface area contributed by atoms with Crippen LogP contribution in [0.3, 0.4) is 0 Å². The van der Waals surface area contributed by atoms with Gasteiger partial charge in [-0.15, -0.1) is 0 Å². The molecule has 1 saturated heterocycles. The van der Waals surface area contributed by atoms with Gasteiger partial charge in [0.1, 0.15) is 11.5 Å². The van der Waals surface area contributed by atoms with Gasteiger partial charge in [0, 0.05) is 24.2 Å². The van der Waals surface area contributed by atoms with Crippen LogP contribution in [0.2, 0.25) is 0 Å². The zero-order chi connectivity index (χ0) is 28.2. The average Bonchev–Trinajstić information content (AvgIpc) is 3.12. The van der Waals surface area contributed by atoms with Crippen molar-refractivity contribution >= 4 is 17.4 Å². The number of rotatable bonds is 10. The summed E-state index contributed by atoms with van der Waals surface area (Å²) in [4.78, 5) is 30.2. The third-order valence-corrected chi connectivity index (χ3v) is 6.49. The van der Waals surface area contributed by atoms with E-state index in [1.807, 2.05) is 65.7 Å². The number of likely N-dealkylation sites (N-methyl/N-ethyl adjacent to an activating group) is 1. The first-order chi connectivity index (χ1) is 17.9. The summed E-state index contributed by atoms with van der Waals surface area (Å²) in [6, 6.07) is 9.90. The first kappa shape index (κ1) is 29.0. The van der Waals surface area contributed by atoms with Crippen LogP contribution >= 0.6 is 0 Å². The molecule has 2 aromatic rings. The quantitative estimate of drug-likeness (QED) is 0.272. The number of benzene rings is 2. The Kier molecular flexibility index (Phi) is 9.09. The second-order valence-electron chi connectivity index (χ2n) is 10.5.